The standard InChI is InChI=1S/C12H12FN5O2/c1-8(19)16-9-2-3-10(13)11(4-9)17-12(20)5-18-7-14-6-15-18/h2-4,6-7H,5H2,1H3,(H,16,19)(H,17,20). The fraction of sp³-hybridized carbons (Fsp3) is 0.167. The van der Waals surface area contributed by atoms with Gasteiger partial charge in [-0.3, -0.25) is 9.59 Å². The number of amides is 2. The first-order valence-corrected chi connectivity index (χ1v) is 5.74. The third kappa shape index (κ3) is 3.61. The molecule has 0 saturated heterocycles. The van der Waals surface area contributed by atoms with E-state index in [0.717, 1.165) is 6.07 Å². The molecule has 0 atom stereocenters. The molecular formula is C12H12FN5O2. The summed E-state index contributed by atoms with van der Waals surface area (Å²) in [5, 5.41) is 8.69. The van der Waals surface area contributed by atoms with Crippen LogP contribution in [0.2, 0.25) is 0 Å². The lowest BCUT2D eigenvalue weighted by atomic mass is 10.2. The molecule has 1 heterocycles. The fourth-order valence-corrected chi connectivity index (χ4v) is 1.55. The van der Waals surface area contributed by atoms with Crippen LogP contribution in [0.4, 0.5) is 15.8 Å². The van der Waals surface area contributed by atoms with Crippen molar-refractivity contribution in [3.05, 3.63) is 36.7 Å². The summed E-state index contributed by atoms with van der Waals surface area (Å²) >= 11 is 0. The lowest BCUT2D eigenvalue weighted by Gasteiger charge is -2.09. The average molecular weight is 277 g/mol. The zero-order chi connectivity index (χ0) is 14.5. The van der Waals surface area contributed by atoms with Crippen molar-refractivity contribution in [3.63, 3.8) is 0 Å². The molecule has 8 heteroatoms. The Balaban J connectivity index is 2.07. The van der Waals surface area contributed by atoms with Crippen molar-refractivity contribution in [2.45, 2.75) is 13.5 Å². The molecule has 2 amide bonds. The molecule has 7 nitrogen and oxygen atoms in total. The minimum absolute atomic E-state index is 0.0126. The minimum atomic E-state index is -0.592. The van der Waals surface area contributed by atoms with Crippen molar-refractivity contribution in [1.29, 1.82) is 0 Å². The number of benzene rings is 1. The lowest BCUT2D eigenvalue weighted by Crippen LogP contribution is -2.20. The Hall–Kier alpha value is -2.77. The summed E-state index contributed by atoms with van der Waals surface area (Å²) in [4.78, 5) is 26.3. The molecule has 0 spiro atoms. The van der Waals surface area contributed by atoms with Gasteiger partial charge in [0, 0.05) is 12.6 Å². The van der Waals surface area contributed by atoms with Gasteiger partial charge >= 0.3 is 0 Å². The van der Waals surface area contributed by atoms with Gasteiger partial charge in [0.2, 0.25) is 11.8 Å². The summed E-state index contributed by atoms with van der Waals surface area (Å²) in [6.07, 6.45) is 2.68. The van der Waals surface area contributed by atoms with Crippen LogP contribution in [0.15, 0.2) is 30.9 Å². The van der Waals surface area contributed by atoms with E-state index in [9.17, 15) is 14.0 Å². The van der Waals surface area contributed by atoms with Gasteiger partial charge in [0.25, 0.3) is 0 Å². The van der Waals surface area contributed by atoms with Crippen molar-refractivity contribution in [1.82, 2.24) is 14.8 Å². The number of carbonyl (C=O) groups is 2. The SMILES string of the molecule is CC(=O)Nc1ccc(F)c(NC(=O)Cn2cncn2)c1. The highest BCUT2D eigenvalue weighted by atomic mass is 19.1. The van der Waals surface area contributed by atoms with E-state index in [1.54, 1.807) is 0 Å². The zero-order valence-corrected chi connectivity index (χ0v) is 10.6. The molecule has 2 aromatic rings. The van der Waals surface area contributed by atoms with Gasteiger partial charge in [0.1, 0.15) is 25.0 Å². The summed E-state index contributed by atoms with van der Waals surface area (Å²) in [6, 6.07) is 3.91. The van der Waals surface area contributed by atoms with Crippen molar-refractivity contribution < 1.29 is 14.0 Å². The molecule has 0 radical (unpaired) electrons. The van der Waals surface area contributed by atoms with Gasteiger partial charge in [-0.15, -0.1) is 0 Å². The van der Waals surface area contributed by atoms with Gasteiger partial charge in [-0.25, -0.2) is 14.1 Å². The second kappa shape index (κ2) is 5.91. The predicted molar refractivity (Wildman–Crippen MR) is 69.4 cm³/mol. The third-order valence-corrected chi connectivity index (χ3v) is 2.33. The van der Waals surface area contributed by atoms with Crippen molar-refractivity contribution in [2.24, 2.45) is 0 Å². The minimum Gasteiger partial charge on any atom is -0.326 e. The molecule has 2 N–H and O–H groups in total. The second-order valence-corrected chi connectivity index (χ2v) is 4.02. The van der Waals surface area contributed by atoms with Crippen LogP contribution in [-0.4, -0.2) is 26.6 Å². The first-order valence-electron chi connectivity index (χ1n) is 5.74. The average Bonchev–Trinajstić information content (AvgIpc) is 2.85. The number of rotatable bonds is 4. The maximum Gasteiger partial charge on any atom is 0.246 e. The number of halogens is 1. The Labute approximate surface area is 113 Å². The first-order chi connectivity index (χ1) is 9.54. The number of nitrogens with zero attached hydrogens (tertiary/aromatic N) is 3. The van der Waals surface area contributed by atoms with Crippen LogP contribution in [0.5, 0.6) is 0 Å². The van der Waals surface area contributed by atoms with Gasteiger partial charge < -0.3 is 10.6 Å². The normalized spacial score (nSPS) is 10.1. The van der Waals surface area contributed by atoms with Crippen LogP contribution in [-0.2, 0) is 16.1 Å². The molecule has 1 aromatic heterocycles. The van der Waals surface area contributed by atoms with E-state index in [2.05, 4.69) is 20.7 Å². The molecule has 0 aliphatic rings. The molecule has 0 unspecified atom stereocenters. The fourth-order valence-electron chi connectivity index (χ4n) is 1.55. The van der Waals surface area contributed by atoms with E-state index < -0.39 is 11.7 Å². The number of nitrogens with one attached hydrogen (secondary N) is 2. The maximum absolute atomic E-state index is 13.6. The highest BCUT2D eigenvalue weighted by Crippen LogP contribution is 2.19. The predicted octanol–water partition coefficient (Wildman–Crippen LogP) is 1.01. The number of anilines is 2. The lowest BCUT2D eigenvalue weighted by molar-refractivity contribution is -0.117. The molecule has 0 aliphatic heterocycles. The first kappa shape index (κ1) is 13.7. The van der Waals surface area contributed by atoms with Crippen molar-refractivity contribution in [2.75, 3.05) is 10.6 Å². The molecule has 1 aromatic carbocycles. The van der Waals surface area contributed by atoms with Gasteiger partial charge in [-0.2, -0.15) is 5.10 Å². The Morgan fingerprint density at radius 1 is 1.35 bits per heavy atom. The Kier molecular flexibility index (Phi) is 4.04. The van der Waals surface area contributed by atoms with Gasteiger partial charge in [-0.1, -0.05) is 0 Å². The maximum atomic E-state index is 13.6. The van der Waals surface area contributed by atoms with Crippen molar-refractivity contribution in [3.8, 4) is 0 Å². The molecule has 0 fully saturated rings. The molecule has 2 rings (SSSR count). The van der Waals surface area contributed by atoms with Crippen LogP contribution in [0.3, 0.4) is 0 Å². The monoisotopic (exact) mass is 277 g/mol. The largest absolute Gasteiger partial charge is 0.326 e. The van der Waals surface area contributed by atoms with Crippen LogP contribution in [0.1, 0.15) is 6.92 Å². The number of aromatic nitrogens is 3. The Morgan fingerprint density at radius 3 is 2.80 bits per heavy atom. The highest BCUT2D eigenvalue weighted by molar-refractivity contribution is 5.93. The van der Waals surface area contributed by atoms with Crippen LogP contribution < -0.4 is 10.6 Å². The quantitative estimate of drug-likeness (QED) is 0.873. The second-order valence-electron chi connectivity index (χ2n) is 4.02. The van der Waals surface area contributed by atoms with Crippen LogP contribution >= 0.6 is 0 Å². The summed E-state index contributed by atoms with van der Waals surface area (Å²) in [7, 11) is 0. The van der Waals surface area contributed by atoms with Crippen LogP contribution in [0.25, 0.3) is 0 Å². The van der Waals surface area contributed by atoms with Gasteiger partial charge in [0.15, 0.2) is 0 Å². The topological polar surface area (TPSA) is 88.9 Å². The van der Waals surface area contributed by atoms with E-state index in [1.165, 1.54) is 36.4 Å². The van der Waals surface area contributed by atoms with Crippen molar-refractivity contribution >= 4 is 23.2 Å². The van der Waals surface area contributed by atoms with E-state index in [4.69, 9.17) is 0 Å². The summed E-state index contributed by atoms with van der Waals surface area (Å²) < 4.78 is 14.9. The summed E-state index contributed by atoms with van der Waals surface area (Å²) in [5.74, 6) is -1.32. The third-order valence-electron chi connectivity index (χ3n) is 2.33. The van der Waals surface area contributed by atoms with E-state index >= 15 is 0 Å². The van der Waals surface area contributed by atoms with Gasteiger partial charge in [0.05, 0.1) is 5.69 Å². The molecule has 0 aliphatic carbocycles. The molecular weight excluding hydrogens is 265 g/mol. The zero-order valence-electron chi connectivity index (χ0n) is 10.6. The highest BCUT2D eigenvalue weighted by Gasteiger charge is 2.09. The molecule has 0 saturated carbocycles. The Bertz CT molecular complexity index is 627. The summed E-state index contributed by atoms with van der Waals surface area (Å²) in [6.45, 7) is 1.26. The van der Waals surface area contributed by atoms with Gasteiger partial charge in [-0.05, 0) is 18.2 Å². The number of carbonyl (C=O) groups excluding carboxylic acids is 2. The van der Waals surface area contributed by atoms with E-state index in [-0.39, 0.29) is 18.1 Å². The Morgan fingerprint density at radius 2 is 2.15 bits per heavy atom. The molecule has 20 heavy (non-hydrogen) atoms. The molecule has 0 bridgehead atoms. The summed E-state index contributed by atoms with van der Waals surface area (Å²) in [5.41, 5.74) is 0.385. The number of hydrogen-bond acceptors (Lipinski definition) is 4. The smallest absolute Gasteiger partial charge is 0.246 e. The molecule has 104 valence electrons. The number of hydrogen-bond donors (Lipinski definition) is 2. The van der Waals surface area contributed by atoms with Crippen LogP contribution in [0, 0.1) is 5.82 Å². The van der Waals surface area contributed by atoms with E-state index in [1.807, 2.05) is 0 Å². The van der Waals surface area contributed by atoms with E-state index in [0.29, 0.717) is 5.69 Å².